The number of amides is 2. The monoisotopic (exact) mass is 358 g/mol. The number of ether oxygens (including phenoxy) is 1. The van der Waals surface area contributed by atoms with Crippen LogP contribution in [0.5, 0.6) is 5.75 Å². The zero-order chi connectivity index (χ0) is 18.9. The molecule has 1 aromatic carbocycles. The highest BCUT2D eigenvalue weighted by molar-refractivity contribution is 6.06. The summed E-state index contributed by atoms with van der Waals surface area (Å²) in [5.41, 5.74) is 0.433. The van der Waals surface area contributed by atoms with E-state index >= 15 is 0 Å². The van der Waals surface area contributed by atoms with E-state index < -0.39 is 5.91 Å². The zero-order valence-corrected chi connectivity index (χ0v) is 14.6. The Balaban J connectivity index is 1.85. The number of nitrogens with one attached hydrogen (secondary N) is 2. The Morgan fingerprint density at radius 3 is 2.58 bits per heavy atom. The van der Waals surface area contributed by atoms with Gasteiger partial charge in [0.2, 0.25) is 0 Å². The van der Waals surface area contributed by atoms with Crippen LogP contribution in [0.4, 0.5) is 10.5 Å². The Morgan fingerprint density at radius 1 is 1.35 bits per heavy atom. The van der Waals surface area contributed by atoms with Gasteiger partial charge in [-0.25, -0.2) is 4.79 Å². The van der Waals surface area contributed by atoms with Crippen LogP contribution in [0, 0.1) is 11.3 Å². The molecule has 2 amide bonds. The molecule has 1 aromatic rings. The third-order valence-corrected chi connectivity index (χ3v) is 3.97. The van der Waals surface area contributed by atoms with Gasteiger partial charge >= 0.3 is 6.09 Å². The molecule has 0 radical (unpaired) electrons. The van der Waals surface area contributed by atoms with Gasteiger partial charge in [-0.05, 0) is 44.0 Å². The van der Waals surface area contributed by atoms with Gasteiger partial charge in [0.1, 0.15) is 17.4 Å². The number of likely N-dealkylation sites (tertiary alicyclic amines) is 1. The van der Waals surface area contributed by atoms with E-state index in [4.69, 9.17) is 4.74 Å². The van der Waals surface area contributed by atoms with E-state index in [9.17, 15) is 20.0 Å². The third-order valence-electron chi connectivity index (χ3n) is 3.97. The average molecular weight is 358 g/mol. The number of rotatable bonds is 5. The maximum absolute atomic E-state index is 12.1. The van der Waals surface area contributed by atoms with Gasteiger partial charge < -0.3 is 25.4 Å². The third kappa shape index (κ3) is 5.41. The fraction of sp³-hybridized carbons (Fsp3) is 0.389. The largest absolute Gasteiger partial charge is 0.508 e. The second-order valence-corrected chi connectivity index (χ2v) is 5.80. The smallest absolute Gasteiger partial charge is 0.409 e. The SMILES string of the molecule is CCOC(=O)N1CCC(N/C=C(/C#N)C(=O)Nc2ccc(O)cc2)CC1. The van der Waals surface area contributed by atoms with Gasteiger partial charge in [-0.15, -0.1) is 0 Å². The van der Waals surface area contributed by atoms with Gasteiger partial charge in [0.25, 0.3) is 5.91 Å². The van der Waals surface area contributed by atoms with Crippen molar-refractivity contribution in [2.45, 2.75) is 25.8 Å². The van der Waals surface area contributed by atoms with Crippen molar-refractivity contribution in [2.75, 3.05) is 25.0 Å². The normalized spacial score (nSPS) is 15.1. The van der Waals surface area contributed by atoms with Gasteiger partial charge in [0, 0.05) is 31.0 Å². The number of anilines is 1. The number of piperidine rings is 1. The standard InChI is InChI=1S/C18H22N4O4/c1-2-26-18(25)22-9-7-14(8-10-22)20-12-13(11-19)17(24)21-15-3-5-16(23)6-4-15/h3-6,12,14,20,23H,2,7-10H2,1H3,(H,21,24)/b13-12-. The summed E-state index contributed by atoms with van der Waals surface area (Å²) in [4.78, 5) is 25.4. The van der Waals surface area contributed by atoms with Crippen molar-refractivity contribution in [1.29, 1.82) is 5.26 Å². The minimum Gasteiger partial charge on any atom is -0.508 e. The predicted octanol–water partition coefficient (Wildman–Crippen LogP) is 1.95. The van der Waals surface area contributed by atoms with Crippen LogP contribution in [-0.4, -0.2) is 47.7 Å². The van der Waals surface area contributed by atoms with Crippen molar-refractivity contribution >= 4 is 17.7 Å². The molecule has 1 fully saturated rings. The summed E-state index contributed by atoms with van der Waals surface area (Å²) in [6.07, 6.45) is 2.49. The Morgan fingerprint density at radius 2 is 2.00 bits per heavy atom. The molecule has 1 saturated heterocycles. The minimum absolute atomic E-state index is 0.0501. The molecule has 0 atom stereocenters. The van der Waals surface area contributed by atoms with Crippen LogP contribution in [0.15, 0.2) is 36.0 Å². The first kappa shape index (κ1) is 19.1. The number of nitriles is 1. The minimum atomic E-state index is -0.533. The van der Waals surface area contributed by atoms with Crippen molar-refractivity contribution in [1.82, 2.24) is 10.2 Å². The zero-order valence-electron chi connectivity index (χ0n) is 14.6. The lowest BCUT2D eigenvalue weighted by Crippen LogP contribution is -2.44. The molecule has 0 unspecified atom stereocenters. The van der Waals surface area contributed by atoms with Gasteiger partial charge in [-0.2, -0.15) is 5.26 Å². The number of carbonyl (C=O) groups is 2. The fourth-order valence-electron chi connectivity index (χ4n) is 2.54. The Labute approximate surface area is 152 Å². The summed E-state index contributed by atoms with van der Waals surface area (Å²) in [5, 5.41) is 24.1. The number of hydrogen-bond acceptors (Lipinski definition) is 6. The van der Waals surface area contributed by atoms with E-state index in [2.05, 4.69) is 10.6 Å². The highest BCUT2D eigenvalue weighted by atomic mass is 16.6. The van der Waals surface area contributed by atoms with Crippen LogP contribution < -0.4 is 10.6 Å². The molecule has 1 aliphatic heterocycles. The first-order chi connectivity index (χ1) is 12.5. The molecule has 0 aromatic heterocycles. The summed E-state index contributed by atoms with van der Waals surface area (Å²) >= 11 is 0. The molecule has 2 rings (SSSR count). The number of aromatic hydroxyl groups is 1. The molecule has 3 N–H and O–H groups in total. The van der Waals surface area contributed by atoms with Crippen molar-refractivity contribution in [3.63, 3.8) is 0 Å². The quantitative estimate of drug-likeness (QED) is 0.421. The Hall–Kier alpha value is -3.21. The molecule has 0 spiro atoms. The molecular weight excluding hydrogens is 336 g/mol. The number of benzene rings is 1. The lowest BCUT2D eigenvalue weighted by Gasteiger charge is -2.31. The second kappa shape index (κ2) is 9.32. The summed E-state index contributed by atoms with van der Waals surface area (Å²) in [6.45, 7) is 3.24. The fourth-order valence-corrected chi connectivity index (χ4v) is 2.54. The molecule has 1 aliphatic rings. The Kier molecular flexibility index (Phi) is 6.85. The summed E-state index contributed by atoms with van der Waals surface area (Å²) < 4.78 is 4.97. The molecule has 138 valence electrons. The number of phenolic OH excluding ortho intramolecular Hbond substituents is 1. The highest BCUT2D eigenvalue weighted by Crippen LogP contribution is 2.15. The van der Waals surface area contributed by atoms with Crippen molar-refractivity contribution in [2.24, 2.45) is 0 Å². The van der Waals surface area contributed by atoms with Gasteiger partial charge in [-0.3, -0.25) is 4.79 Å². The number of hydrogen-bond donors (Lipinski definition) is 3. The van der Waals surface area contributed by atoms with Crippen molar-refractivity contribution in [3.05, 3.63) is 36.0 Å². The van der Waals surface area contributed by atoms with Gasteiger partial charge in [0.15, 0.2) is 0 Å². The number of phenols is 1. The second-order valence-electron chi connectivity index (χ2n) is 5.80. The van der Waals surface area contributed by atoms with E-state index in [0.29, 0.717) is 38.2 Å². The molecule has 1 heterocycles. The summed E-state index contributed by atoms with van der Waals surface area (Å²) in [6, 6.07) is 7.92. The van der Waals surface area contributed by atoms with E-state index in [1.54, 1.807) is 24.0 Å². The van der Waals surface area contributed by atoms with E-state index in [-0.39, 0.29) is 23.5 Å². The molecule has 26 heavy (non-hydrogen) atoms. The van der Waals surface area contributed by atoms with Crippen LogP contribution in [0.2, 0.25) is 0 Å². The van der Waals surface area contributed by atoms with E-state index in [1.165, 1.54) is 18.3 Å². The molecule has 0 aliphatic carbocycles. The van der Waals surface area contributed by atoms with E-state index in [0.717, 1.165) is 0 Å². The van der Waals surface area contributed by atoms with Crippen molar-refractivity contribution < 1.29 is 19.4 Å². The number of nitrogens with zero attached hydrogens (tertiary/aromatic N) is 2. The van der Waals surface area contributed by atoms with Crippen molar-refractivity contribution in [3.8, 4) is 11.8 Å². The first-order valence-electron chi connectivity index (χ1n) is 8.42. The predicted molar refractivity (Wildman–Crippen MR) is 95.2 cm³/mol. The summed E-state index contributed by atoms with van der Waals surface area (Å²) in [7, 11) is 0. The lowest BCUT2D eigenvalue weighted by atomic mass is 10.1. The van der Waals surface area contributed by atoms with Gasteiger partial charge in [0.05, 0.1) is 6.61 Å². The maximum Gasteiger partial charge on any atom is 0.409 e. The molecule has 0 saturated carbocycles. The molecule has 8 nitrogen and oxygen atoms in total. The Bertz CT molecular complexity index is 701. The van der Waals surface area contributed by atoms with Crippen LogP contribution in [0.25, 0.3) is 0 Å². The molecule has 8 heteroatoms. The highest BCUT2D eigenvalue weighted by Gasteiger charge is 2.23. The number of carbonyl (C=O) groups excluding carboxylic acids is 2. The molecule has 0 bridgehead atoms. The molecular formula is C18H22N4O4. The van der Waals surface area contributed by atoms with Crippen LogP contribution in [-0.2, 0) is 9.53 Å². The maximum atomic E-state index is 12.1. The topological polar surface area (TPSA) is 115 Å². The summed E-state index contributed by atoms with van der Waals surface area (Å²) in [5.74, 6) is -0.440. The first-order valence-corrected chi connectivity index (χ1v) is 8.42. The lowest BCUT2D eigenvalue weighted by molar-refractivity contribution is -0.112. The average Bonchev–Trinajstić information content (AvgIpc) is 2.65. The van der Waals surface area contributed by atoms with Crippen LogP contribution in [0.3, 0.4) is 0 Å². The van der Waals surface area contributed by atoms with Crippen LogP contribution in [0.1, 0.15) is 19.8 Å². The van der Waals surface area contributed by atoms with E-state index in [1.807, 2.05) is 6.07 Å². The van der Waals surface area contributed by atoms with Crippen LogP contribution >= 0.6 is 0 Å². The van der Waals surface area contributed by atoms with Gasteiger partial charge in [-0.1, -0.05) is 0 Å².